The minimum absolute atomic E-state index is 0.105. The number of para-hydroxylation sites is 2. The van der Waals surface area contributed by atoms with Gasteiger partial charge in [-0.2, -0.15) is 0 Å². The molecule has 2 heterocycles. The Morgan fingerprint density at radius 3 is 2.15 bits per heavy atom. The van der Waals surface area contributed by atoms with E-state index in [4.69, 9.17) is 4.74 Å². The van der Waals surface area contributed by atoms with Crippen LogP contribution in [0.15, 0.2) is 84.1 Å². The summed E-state index contributed by atoms with van der Waals surface area (Å²) in [4.78, 5) is 26.4. The van der Waals surface area contributed by atoms with Crippen LogP contribution in [0.4, 0.5) is 5.69 Å². The van der Waals surface area contributed by atoms with E-state index in [9.17, 15) is 14.7 Å². The predicted octanol–water partition coefficient (Wildman–Crippen LogP) is 3.46. The molecule has 4 aromatic rings. The Balaban J connectivity index is 1.51. The molecule has 2 N–H and O–H groups in total. The lowest BCUT2D eigenvalue weighted by molar-refractivity contribution is -0.136. The second-order valence-electron chi connectivity index (χ2n) is 7.84. The third-order valence-corrected chi connectivity index (χ3v) is 5.93. The molecule has 5 rings (SSSR count). The Labute approximate surface area is 190 Å². The Hall–Kier alpha value is -4.10. The molecule has 7 heteroatoms. The Morgan fingerprint density at radius 1 is 0.970 bits per heavy atom. The number of esters is 1. The number of aliphatic hydroxyl groups is 1. The number of aliphatic hydroxyl groups excluding tert-OH is 1. The van der Waals surface area contributed by atoms with Gasteiger partial charge in [-0.25, -0.2) is 4.79 Å². The number of nitrogens with one attached hydrogen (secondary N) is 1. The van der Waals surface area contributed by atoms with Gasteiger partial charge in [-0.05, 0) is 36.4 Å². The van der Waals surface area contributed by atoms with Crippen LogP contribution in [0, 0.1) is 0 Å². The Bertz CT molecular complexity index is 1350. The molecular formula is C26H23N3O4. The third kappa shape index (κ3) is 3.52. The molecular weight excluding hydrogens is 418 g/mol. The van der Waals surface area contributed by atoms with Crippen molar-refractivity contribution in [2.24, 2.45) is 0 Å². The molecule has 0 bridgehead atoms. The summed E-state index contributed by atoms with van der Waals surface area (Å²) in [5, 5.41) is 14.7. The lowest BCUT2D eigenvalue weighted by Crippen LogP contribution is -2.31. The number of carbonyl (C=O) groups excluding carboxylic acids is 2. The molecule has 0 aliphatic carbocycles. The molecule has 0 fully saturated rings. The number of nitrogens with zero attached hydrogens (tertiary/aromatic N) is 2. The van der Waals surface area contributed by atoms with Gasteiger partial charge in [0.05, 0.1) is 36.9 Å². The molecule has 33 heavy (non-hydrogen) atoms. The average molecular weight is 441 g/mol. The molecule has 0 radical (unpaired) electrons. The van der Waals surface area contributed by atoms with Gasteiger partial charge in [-0.15, -0.1) is 0 Å². The quantitative estimate of drug-likeness (QED) is 0.448. The highest BCUT2D eigenvalue weighted by molar-refractivity contribution is 6.10. The van der Waals surface area contributed by atoms with Gasteiger partial charge in [0.15, 0.2) is 0 Å². The van der Waals surface area contributed by atoms with E-state index in [1.807, 2.05) is 48.5 Å². The van der Waals surface area contributed by atoms with Crippen molar-refractivity contribution in [1.82, 2.24) is 9.47 Å². The predicted molar refractivity (Wildman–Crippen MR) is 127 cm³/mol. The molecule has 0 saturated heterocycles. The highest BCUT2D eigenvalue weighted by Gasteiger charge is 2.34. The second kappa shape index (κ2) is 8.44. The van der Waals surface area contributed by atoms with Crippen LogP contribution in [0.5, 0.6) is 0 Å². The number of methoxy groups -OCH3 is 1. The highest BCUT2D eigenvalue weighted by atomic mass is 16.5. The standard InChI is InChI=1S/C26H23N3O4/c1-33-26(32)21-16-28(14-15-30)25(31)24(21)27-17-10-12-18(13-11-17)29-22-8-4-2-6-19(22)20-7-3-5-9-23(20)29/h2-13,27,30H,14-16H2,1H3. The summed E-state index contributed by atoms with van der Waals surface area (Å²) < 4.78 is 7.05. The van der Waals surface area contributed by atoms with Crippen LogP contribution in [0.2, 0.25) is 0 Å². The van der Waals surface area contributed by atoms with E-state index >= 15 is 0 Å². The maximum absolute atomic E-state index is 12.8. The molecule has 3 aromatic carbocycles. The van der Waals surface area contributed by atoms with Gasteiger partial charge in [0.25, 0.3) is 5.91 Å². The molecule has 1 amide bonds. The molecule has 0 spiro atoms. The first kappa shape index (κ1) is 20.8. The van der Waals surface area contributed by atoms with Crippen LogP contribution in [-0.4, -0.2) is 53.3 Å². The van der Waals surface area contributed by atoms with Crippen LogP contribution in [0.1, 0.15) is 0 Å². The molecule has 166 valence electrons. The number of rotatable bonds is 6. The highest BCUT2D eigenvalue weighted by Crippen LogP contribution is 2.32. The van der Waals surface area contributed by atoms with Gasteiger partial charge in [0.2, 0.25) is 0 Å². The van der Waals surface area contributed by atoms with Gasteiger partial charge in [0.1, 0.15) is 5.70 Å². The number of fused-ring (bicyclic) bond motifs is 3. The number of anilines is 1. The van der Waals surface area contributed by atoms with E-state index in [1.165, 1.54) is 22.8 Å². The van der Waals surface area contributed by atoms with Crippen molar-refractivity contribution in [2.45, 2.75) is 0 Å². The fourth-order valence-corrected chi connectivity index (χ4v) is 4.39. The van der Waals surface area contributed by atoms with Crippen LogP contribution in [0.25, 0.3) is 27.5 Å². The lowest BCUT2D eigenvalue weighted by Gasteiger charge is -2.15. The van der Waals surface area contributed by atoms with E-state index in [1.54, 1.807) is 0 Å². The summed E-state index contributed by atoms with van der Waals surface area (Å²) in [6.45, 7) is 0.0754. The average Bonchev–Trinajstić information content (AvgIpc) is 3.35. The van der Waals surface area contributed by atoms with Crippen molar-refractivity contribution >= 4 is 39.4 Å². The summed E-state index contributed by atoms with van der Waals surface area (Å²) in [7, 11) is 1.28. The SMILES string of the molecule is COC(=O)C1=C(Nc2ccc(-n3c4ccccc4c4ccccc43)cc2)C(=O)N(CCO)C1. The van der Waals surface area contributed by atoms with Gasteiger partial charge in [-0.3, -0.25) is 4.79 Å². The second-order valence-corrected chi connectivity index (χ2v) is 7.84. The number of benzene rings is 3. The van der Waals surface area contributed by atoms with Crippen LogP contribution >= 0.6 is 0 Å². The number of aromatic nitrogens is 1. The van der Waals surface area contributed by atoms with Crippen LogP contribution < -0.4 is 5.32 Å². The van der Waals surface area contributed by atoms with Crippen molar-refractivity contribution in [2.75, 3.05) is 32.1 Å². The molecule has 0 unspecified atom stereocenters. The zero-order chi connectivity index (χ0) is 22.9. The minimum atomic E-state index is -0.562. The van der Waals surface area contributed by atoms with E-state index < -0.39 is 5.97 Å². The number of carbonyl (C=O) groups is 2. The smallest absolute Gasteiger partial charge is 0.337 e. The zero-order valence-corrected chi connectivity index (χ0v) is 18.1. The Kier molecular flexibility index (Phi) is 5.32. The summed E-state index contributed by atoms with van der Waals surface area (Å²) in [6.07, 6.45) is 0. The molecule has 1 aliphatic rings. The van der Waals surface area contributed by atoms with E-state index in [2.05, 4.69) is 34.1 Å². The third-order valence-electron chi connectivity index (χ3n) is 5.93. The van der Waals surface area contributed by atoms with Crippen molar-refractivity contribution in [1.29, 1.82) is 0 Å². The number of β-amino-alcohol motifs (C(OH)–C–C–N with tert-alkyl or cyclic N) is 1. The van der Waals surface area contributed by atoms with Gasteiger partial charge in [-0.1, -0.05) is 36.4 Å². The summed E-state index contributed by atoms with van der Waals surface area (Å²) in [5.41, 5.74) is 4.32. The summed E-state index contributed by atoms with van der Waals surface area (Å²) in [6, 6.07) is 24.3. The van der Waals surface area contributed by atoms with E-state index in [-0.39, 0.29) is 36.9 Å². The van der Waals surface area contributed by atoms with Crippen molar-refractivity contribution < 1.29 is 19.4 Å². The largest absolute Gasteiger partial charge is 0.466 e. The fourth-order valence-electron chi connectivity index (χ4n) is 4.39. The first-order valence-corrected chi connectivity index (χ1v) is 10.7. The molecule has 7 nitrogen and oxygen atoms in total. The Morgan fingerprint density at radius 2 is 1.58 bits per heavy atom. The van der Waals surface area contributed by atoms with Crippen LogP contribution in [0.3, 0.4) is 0 Å². The lowest BCUT2D eigenvalue weighted by atomic mass is 10.2. The first-order valence-electron chi connectivity index (χ1n) is 10.7. The maximum atomic E-state index is 12.8. The van der Waals surface area contributed by atoms with E-state index in [0.717, 1.165) is 16.7 Å². The monoisotopic (exact) mass is 441 g/mol. The number of amides is 1. The fraction of sp³-hybridized carbons (Fsp3) is 0.154. The molecule has 1 aliphatic heterocycles. The van der Waals surface area contributed by atoms with Crippen LogP contribution in [-0.2, 0) is 14.3 Å². The van der Waals surface area contributed by atoms with E-state index in [0.29, 0.717) is 5.69 Å². The molecule has 0 saturated carbocycles. The van der Waals surface area contributed by atoms with Crippen molar-refractivity contribution in [3.63, 3.8) is 0 Å². The maximum Gasteiger partial charge on any atom is 0.337 e. The topological polar surface area (TPSA) is 83.8 Å². The number of hydrogen-bond acceptors (Lipinski definition) is 5. The summed E-state index contributed by atoms with van der Waals surface area (Å²) in [5.74, 6) is -0.899. The number of hydrogen-bond donors (Lipinski definition) is 2. The summed E-state index contributed by atoms with van der Waals surface area (Å²) >= 11 is 0. The minimum Gasteiger partial charge on any atom is -0.466 e. The van der Waals surface area contributed by atoms with Gasteiger partial charge < -0.3 is 24.6 Å². The van der Waals surface area contributed by atoms with Gasteiger partial charge >= 0.3 is 5.97 Å². The van der Waals surface area contributed by atoms with Crippen molar-refractivity contribution in [3.05, 3.63) is 84.1 Å². The zero-order valence-electron chi connectivity index (χ0n) is 18.1. The molecule has 1 aromatic heterocycles. The number of ether oxygens (including phenoxy) is 1. The van der Waals surface area contributed by atoms with Gasteiger partial charge in [0, 0.05) is 28.7 Å². The van der Waals surface area contributed by atoms with Crippen molar-refractivity contribution in [3.8, 4) is 5.69 Å². The first-order chi connectivity index (χ1) is 16.1. The normalized spacial score (nSPS) is 13.9. The molecule has 0 atom stereocenters.